The number of anilines is 1. The molecule has 2 aromatic rings. The maximum atomic E-state index is 8.55. The fraction of sp³-hybridized carbons (Fsp3) is 0.176. The van der Waals surface area contributed by atoms with Crippen molar-refractivity contribution in [3.8, 4) is 17.6 Å². The van der Waals surface area contributed by atoms with Gasteiger partial charge in [0.25, 0.3) is 0 Å². The van der Waals surface area contributed by atoms with E-state index in [1.54, 1.807) is 25.5 Å². The first-order valence-electron chi connectivity index (χ1n) is 6.87. The van der Waals surface area contributed by atoms with Crippen LogP contribution < -0.4 is 14.9 Å². The topological polar surface area (TPSA) is 66.6 Å². The van der Waals surface area contributed by atoms with Crippen LogP contribution in [0.15, 0.2) is 41.5 Å². The Kier molecular flexibility index (Phi) is 5.84. The third kappa shape index (κ3) is 4.63. The number of benzene rings is 2. The molecule has 0 aliphatic carbocycles. The normalized spacial score (nSPS) is 10.3. The summed E-state index contributed by atoms with van der Waals surface area (Å²) in [5, 5.41) is 13.4. The number of methoxy groups -OCH3 is 1. The van der Waals surface area contributed by atoms with Gasteiger partial charge in [-0.15, -0.1) is 0 Å². The SMILES string of the molecule is COc1cc(/C=N/Nc2ccc(C)c(Cl)c2)ccc1OCC#N. The molecule has 0 bridgehead atoms. The van der Waals surface area contributed by atoms with Crippen LogP contribution in [0.1, 0.15) is 11.1 Å². The summed E-state index contributed by atoms with van der Waals surface area (Å²) in [6.45, 7) is 1.91. The minimum Gasteiger partial charge on any atom is -0.493 e. The van der Waals surface area contributed by atoms with Crippen molar-refractivity contribution in [2.24, 2.45) is 5.10 Å². The molecule has 0 amide bonds. The Hall–Kier alpha value is -2.71. The number of nitrogens with one attached hydrogen (secondary N) is 1. The maximum Gasteiger partial charge on any atom is 0.174 e. The highest BCUT2D eigenvalue weighted by Crippen LogP contribution is 2.27. The molecule has 0 saturated carbocycles. The molecule has 0 fully saturated rings. The summed E-state index contributed by atoms with van der Waals surface area (Å²) in [5.41, 5.74) is 5.56. The van der Waals surface area contributed by atoms with E-state index in [-0.39, 0.29) is 6.61 Å². The monoisotopic (exact) mass is 329 g/mol. The Labute approximate surface area is 140 Å². The van der Waals surface area contributed by atoms with Crippen molar-refractivity contribution >= 4 is 23.5 Å². The molecule has 0 radical (unpaired) electrons. The zero-order valence-electron chi connectivity index (χ0n) is 12.8. The number of halogens is 1. The van der Waals surface area contributed by atoms with Crippen molar-refractivity contribution in [1.29, 1.82) is 5.26 Å². The lowest BCUT2D eigenvalue weighted by Gasteiger charge is -2.08. The summed E-state index contributed by atoms with van der Waals surface area (Å²) in [5.74, 6) is 1.06. The molecule has 2 aromatic carbocycles. The molecule has 0 atom stereocenters. The van der Waals surface area contributed by atoms with Gasteiger partial charge in [-0.2, -0.15) is 10.4 Å². The molecular weight excluding hydrogens is 314 g/mol. The van der Waals surface area contributed by atoms with Gasteiger partial charge in [-0.1, -0.05) is 17.7 Å². The molecule has 0 aliphatic heterocycles. The maximum absolute atomic E-state index is 8.55. The first kappa shape index (κ1) is 16.7. The molecule has 5 nitrogen and oxygen atoms in total. The number of rotatable bonds is 6. The lowest BCUT2D eigenvalue weighted by atomic mass is 10.2. The van der Waals surface area contributed by atoms with Crippen molar-refractivity contribution in [1.82, 2.24) is 0 Å². The van der Waals surface area contributed by atoms with Crippen molar-refractivity contribution in [2.75, 3.05) is 19.1 Å². The summed E-state index contributed by atoms with van der Waals surface area (Å²) in [4.78, 5) is 0. The number of hydrazone groups is 1. The van der Waals surface area contributed by atoms with E-state index in [9.17, 15) is 0 Å². The van der Waals surface area contributed by atoms with Gasteiger partial charge >= 0.3 is 0 Å². The van der Waals surface area contributed by atoms with E-state index in [1.807, 2.05) is 37.3 Å². The van der Waals surface area contributed by atoms with Crippen molar-refractivity contribution in [2.45, 2.75) is 6.92 Å². The lowest BCUT2D eigenvalue weighted by molar-refractivity contribution is 0.329. The van der Waals surface area contributed by atoms with Gasteiger partial charge in [-0.05, 0) is 48.4 Å². The second-order valence-electron chi connectivity index (χ2n) is 4.69. The van der Waals surface area contributed by atoms with Crippen LogP contribution in [-0.4, -0.2) is 19.9 Å². The van der Waals surface area contributed by atoms with E-state index in [0.29, 0.717) is 16.5 Å². The first-order chi connectivity index (χ1) is 11.1. The number of hydrogen-bond donors (Lipinski definition) is 1. The molecule has 0 saturated heterocycles. The minimum absolute atomic E-state index is 0.0282. The quantitative estimate of drug-likeness (QED) is 0.642. The summed E-state index contributed by atoms with van der Waals surface area (Å²) in [6.07, 6.45) is 1.66. The van der Waals surface area contributed by atoms with Crippen molar-refractivity contribution < 1.29 is 9.47 Å². The number of nitriles is 1. The van der Waals surface area contributed by atoms with Crippen molar-refractivity contribution in [3.05, 3.63) is 52.5 Å². The molecule has 23 heavy (non-hydrogen) atoms. The van der Waals surface area contributed by atoms with Gasteiger partial charge in [0.15, 0.2) is 18.1 Å². The fourth-order valence-electron chi connectivity index (χ4n) is 1.84. The predicted octanol–water partition coefficient (Wildman–Crippen LogP) is 4.01. The molecule has 118 valence electrons. The zero-order chi connectivity index (χ0) is 16.7. The van der Waals surface area contributed by atoms with Crippen LogP contribution in [0.5, 0.6) is 11.5 Å². The Bertz CT molecular complexity index is 754. The third-order valence-electron chi connectivity index (χ3n) is 3.06. The summed E-state index contributed by atoms with van der Waals surface area (Å²) in [6, 6.07) is 12.9. The van der Waals surface area contributed by atoms with E-state index in [2.05, 4.69) is 10.5 Å². The molecule has 2 rings (SSSR count). The Morgan fingerprint density at radius 1 is 1.26 bits per heavy atom. The summed E-state index contributed by atoms with van der Waals surface area (Å²) < 4.78 is 10.5. The highest BCUT2D eigenvalue weighted by molar-refractivity contribution is 6.31. The summed E-state index contributed by atoms with van der Waals surface area (Å²) >= 11 is 6.06. The molecule has 1 N–H and O–H groups in total. The molecule has 0 spiro atoms. The second-order valence-corrected chi connectivity index (χ2v) is 5.10. The van der Waals surface area contributed by atoms with Crippen LogP contribution in [0.25, 0.3) is 0 Å². The van der Waals surface area contributed by atoms with Crippen LogP contribution >= 0.6 is 11.6 Å². The van der Waals surface area contributed by atoms with Gasteiger partial charge in [0, 0.05) is 5.02 Å². The van der Waals surface area contributed by atoms with Crippen LogP contribution in [0.3, 0.4) is 0 Å². The number of aryl methyl sites for hydroxylation is 1. The fourth-order valence-corrected chi connectivity index (χ4v) is 2.02. The van der Waals surface area contributed by atoms with Gasteiger partial charge in [-0.3, -0.25) is 5.43 Å². The summed E-state index contributed by atoms with van der Waals surface area (Å²) in [7, 11) is 1.54. The highest BCUT2D eigenvalue weighted by atomic mass is 35.5. The smallest absolute Gasteiger partial charge is 0.174 e. The van der Waals surface area contributed by atoms with Crippen LogP contribution in [-0.2, 0) is 0 Å². The Morgan fingerprint density at radius 3 is 2.78 bits per heavy atom. The van der Waals surface area contributed by atoms with Crippen LogP contribution in [0.2, 0.25) is 5.02 Å². The molecular formula is C17H16ClN3O2. The van der Waals surface area contributed by atoms with Gasteiger partial charge in [0.05, 0.1) is 19.0 Å². The Morgan fingerprint density at radius 2 is 2.09 bits per heavy atom. The molecule has 0 unspecified atom stereocenters. The standard InChI is InChI=1S/C17H16ClN3O2/c1-12-3-5-14(10-15(12)18)21-20-11-13-4-6-16(23-8-7-19)17(9-13)22-2/h3-6,9-11,21H,8H2,1-2H3/b20-11+. The average Bonchev–Trinajstić information content (AvgIpc) is 2.56. The van der Waals surface area contributed by atoms with Crippen molar-refractivity contribution in [3.63, 3.8) is 0 Å². The van der Waals surface area contributed by atoms with E-state index in [4.69, 9.17) is 26.3 Å². The lowest BCUT2D eigenvalue weighted by Crippen LogP contribution is -1.98. The van der Waals surface area contributed by atoms with Gasteiger partial charge in [0.2, 0.25) is 0 Å². The number of nitrogens with zero attached hydrogens (tertiary/aromatic N) is 2. The molecule has 0 heterocycles. The Balaban J connectivity index is 2.07. The predicted molar refractivity (Wildman–Crippen MR) is 91.5 cm³/mol. The van der Waals surface area contributed by atoms with E-state index in [0.717, 1.165) is 16.8 Å². The first-order valence-corrected chi connectivity index (χ1v) is 7.25. The van der Waals surface area contributed by atoms with Gasteiger partial charge < -0.3 is 9.47 Å². The molecule has 0 aromatic heterocycles. The van der Waals surface area contributed by atoms with Crippen LogP contribution in [0.4, 0.5) is 5.69 Å². The second kappa shape index (κ2) is 8.06. The molecule has 6 heteroatoms. The number of ether oxygens (including phenoxy) is 2. The molecule has 0 aliphatic rings. The minimum atomic E-state index is -0.0282. The van der Waals surface area contributed by atoms with Gasteiger partial charge in [0.1, 0.15) is 6.07 Å². The third-order valence-corrected chi connectivity index (χ3v) is 3.47. The van der Waals surface area contributed by atoms with Crippen LogP contribution in [0, 0.1) is 18.3 Å². The average molecular weight is 330 g/mol. The van der Waals surface area contributed by atoms with E-state index < -0.39 is 0 Å². The number of hydrogen-bond acceptors (Lipinski definition) is 5. The highest BCUT2D eigenvalue weighted by Gasteiger charge is 2.04. The largest absolute Gasteiger partial charge is 0.493 e. The van der Waals surface area contributed by atoms with E-state index in [1.165, 1.54) is 0 Å². The van der Waals surface area contributed by atoms with Gasteiger partial charge in [-0.25, -0.2) is 0 Å². The van der Waals surface area contributed by atoms with E-state index >= 15 is 0 Å². The zero-order valence-corrected chi connectivity index (χ0v) is 13.6.